The lowest BCUT2D eigenvalue weighted by atomic mass is 9.87. The molecule has 2 aromatic rings. The van der Waals surface area contributed by atoms with Crippen LogP contribution < -0.4 is 10.1 Å². The van der Waals surface area contributed by atoms with E-state index in [-0.39, 0.29) is 18.6 Å². The van der Waals surface area contributed by atoms with Gasteiger partial charge in [0.2, 0.25) is 0 Å². The number of benzene rings is 1. The summed E-state index contributed by atoms with van der Waals surface area (Å²) in [5, 5.41) is 2.94. The van der Waals surface area contributed by atoms with E-state index < -0.39 is 5.97 Å². The van der Waals surface area contributed by atoms with E-state index in [4.69, 9.17) is 9.47 Å². The zero-order valence-electron chi connectivity index (χ0n) is 17.3. The lowest BCUT2D eigenvalue weighted by molar-refractivity contribution is -0.144. The molecule has 6 heteroatoms. The van der Waals surface area contributed by atoms with Crippen molar-refractivity contribution >= 4 is 18.0 Å². The third-order valence-corrected chi connectivity index (χ3v) is 5.13. The quantitative estimate of drug-likeness (QED) is 0.529. The second-order valence-corrected chi connectivity index (χ2v) is 7.64. The molecular weight excluding hydrogens is 380 g/mol. The number of esters is 1. The molecule has 0 aliphatic heterocycles. The normalized spacial score (nSPS) is 18.7. The number of hydrogen-bond acceptors (Lipinski definition) is 5. The molecule has 0 spiro atoms. The van der Waals surface area contributed by atoms with Gasteiger partial charge in [0, 0.05) is 18.3 Å². The predicted octanol–water partition coefficient (Wildman–Crippen LogP) is 3.91. The molecule has 6 nitrogen and oxygen atoms in total. The first-order valence-corrected chi connectivity index (χ1v) is 10.4. The summed E-state index contributed by atoms with van der Waals surface area (Å²) >= 11 is 0. The summed E-state index contributed by atoms with van der Waals surface area (Å²) in [5.74, 6) is 0.653. The van der Waals surface area contributed by atoms with Gasteiger partial charge in [-0.2, -0.15) is 0 Å². The number of nitrogens with one attached hydrogen (secondary N) is 1. The molecule has 1 saturated carbocycles. The summed E-state index contributed by atoms with van der Waals surface area (Å²) in [5.41, 5.74) is 1.68. The molecule has 158 valence electrons. The fraction of sp³-hybridized carbons (Fsp3) is 0.375. The van der Waals surface area contributed by atoms with Crippen LogP contribution in [0.2, 0.25) is 0 Å². The van der Waals surface area contributed by atoms with Gasteiger partial charge >= 0.3 is 5.97 Å². The molecule has 1 N–H and O–H groups in total. The SMILES string of the molecule is CC1CCC(NC(=O)COC(=O)C=Cc2ccc(OCc3ccccn3)cc2)CC1. The van der Waals surface area contributed by atoms with E-state index in [9.17, 15) is 9.59 Å². The van der Waals surface area contributed by atoms with Crippen LogP contribution in [0.5, 0.6) is 5.75 Å². The molecule has 1 heterocycles. The molecule has 1 aliphatic rings. The Kier molecular flexibility index (Phi) is 8.01. The van der Waals surface area contributed by atoms with Crippen molar-refractivity contribution < 1.29 is 19.1 Å². The molecule has 1 fully saturated rings. The highest BCUT2D eigenvalue weighted by molar-refractivity contribution is 5.89. The van der Waals surface area contributed by atoms with Gasteiger partial charge in [-0.15, -0.1) is 0 Å². The van der Waals surface area contributed by atoms with Crippen molar-refractivity contribution in [1.29, 1.82) is 0 Å². The van der Waals surface area contributed by atoms with E-state index in [1.165, 1.54) is 6.08 Å². The number of pyridine rings is 1. The zero-order valence-corrected chi connectivity index (χ0v) is 17.3. The maximum Gasteiger partial charge on any atom is 0.331 e. The van der Waals surface area contributed by atoms with Crippen LogP contribution in [0.15, 0.2) is 54.7 Å². The molecule has 0 bridgehead atoms. The van der Waals surface area contributed by atoms with Crippen LogP contribution in [0.3, 0.4) is 0 Å². The van der Waals surface area contributed by atoms with E-state index in [1.54, 1.807) is 12.3 Å². The fourth-order valence-electron chi connectivity index (χ4n) is 3.34. The van der Waals surface area contributed by atoms with Crippen molar-refractivity contribution in [3.05, 3.63) is 66.0 Å². The second-order valence-electron chi connectivity index (χ2n) is 7.64. The van der Waals surface area contributed by atoms with Crippen LogP contribution in [0, 0.1) is 5.92 Å². The van der Waals surface area contributed by atoms with Gasteiger partial charge in [0.05, 0.1) is 5.69 Å². The van der Waals surface area contributed by atoms with Crippen LogP contribution in [0.4, 0.5) is 0 Å². The van der Waals surface area contributed by atoms with Crippen molar-refractivity contribution in [2.24, 2.45) is 5.92 Å². The fourth-order valence-corrected chi connectivity index (χ4v) is 3.34. The van der Waals surface area contributed by atoms with Gasteiger partial charge in [-0.25, -0.2) is 4.79 Å². The lowest BCUT2D eigenvalue weighted by Crippen LogP contribution is -2.39. The molecule has 0 saturated heterocycles. The Morgan fingerprint density at radius 1 is 1.10 bits per heavy atom. The monoisotopic (exact) mass is 408 g/mol. The number of amides is 1. The van der Waals surface area contributed by atoms with Gasteiger partial charge in [-0.05, 0) is 67.5 Å². The molecule has 1 aliphatic carbocycles. The maximum atomic E-state index is 11.9. The van der Waals surface area contributed by atoms with Crippen molar-refractivity contribution in [3.8, 4) is 5.75 Å². The highest BCUT2D eigenvalue weighted by Gasteiger charge is 2.19. The van der Waals surface area contributed by atoms with Crippen LogP contribution in [0.25, 0.3) is 6.08 Å². The molecule has 0 radical (unpaired) electrons. The third kappa shape index (κ3) is 7.35. The molecule has 3 rings (SSSR count). The summed E-state index contributed by atoms with van der Waals surface area (Å²) in [4.78, 5) is 28.0. The first-order valence-electron chi connectivity index (χ1n) is 10.4. The molecule has 0 unspecified atom stereocenters. The van der Waals surface area contributed by atoms with E-state index in [1.807, 2.05) is 42.5 Å². The average Bonchev–Trinajstić information content (AvgIpc) is 2.78. The minimum Gasteiger partial charge on any atom is -0.487 e. The largest absolute Gasteiger partial charge is 0.487 e. The Labute approximate surface area is 177 Å². The number of carbonyl (C=O) groups excluding carboxylic acids is 2. The predicted molar refractivity (Wildman–Crippen MR) is 115 cm³/mol. The topological polar surface area (TPSA) is 77.5 Å². The van der Waals surface area contributed by atoms with Crippen LogP contribution in [-0.2, 0) is 20.9 Å². The van der Waals surface area contributed by atoms with Crippen molar-refractivity contribution in [1.82, 2.24) is 10.3 Å². The van der Waals surface area contributed by atoms with Crippen molar-refractivity contribution in [2.45, 2.75) is 45.3 Å². The van der Waals surface area contributed by atoms with Gasteiger partial charge < -0.3 is 14.8 Å². The van der Waals surface area contributed by atoms with Crippen molar-refractivity contribution in [2.75, 3.05) is 6.61 Å². The number of nitrogens with zero attached hydrogens (tertiary/aromatic N) is 1. The molecule has 0 atom stereocenters. The van der Waals surface area contributed by atoms with Gasteiger partial charge in [0.25, 0.3) is 5.91 Å². The van der Waals surface area contributed by atoms with Crippen LogP contribution in [0.1, 0.15) is 43.9 Å². The molecule has 1 aromatic carbocycles. The summed E-state index contributed by atoms with van der Waals surface area (Å²) < 4.78 is 10.7. The smallest absolute Gasteiger partial charge is 0.331 e. The highest BCUT2D eigenvalue weighted by Crippen LogP contribution is 2.23. The third-order valence-electron chi connectivity index (χ3n) is 5.13. The Bertz CT molecular complexity index is 841. The second kappa shape index (κ2) is 11.1. The first kappa shape index (κ1) is 21.6. The first-order chi connectivity index (χ1) is 14.6. The summed E-state index contributed by atoms with van der Waals surface area (Å²) in [6.07, 6.45) is 8.92. The van der Waals surface area contributed by atoms with E-state index in [0.717, 1.165) is 42.9 Å². The number of aromatic nitrogens is 1. The molecular formula is C24H28N2O4. The lowest BCUT2D eigenvalue weighted by Gasteiger charge is -2.26. The van der Waals surface area contributed by atoms with E-state index in [0.29, 0.717) is 12.4 Å². The Hall–Kier alpha value is -3.15. The average molecular weight is 408 g/mol. The summed E-state index contributed by atoms with van der Waals surface area (Å²) in [7, 11) is 0. The Morgan fingerprint density at radius 3 is 2.57 bits per heavy atom. The molecule has 30 heavy (non-hydrogen) atoms. The van der Waals surface area contributed by atoms with E-state index >= 15 is 0 Å². The van der Waals surface area contributed by atoms with Gasteiger partial charge in [-0.1, -0.05) is 25.1 Å². The molecule has 1 amide bonds. The molecule has 1 aromatic heterocycles. The van der Waals surface area contributed by atoms with E-state index in [2.05, 4.69) is 17.2 Å². The Morgan fingerprint density at radius 2 is 1.87 bits per heavy atom. The number of ether oxygens (including phenoxy) is 2. The number of carbonyl (C=O) groups is 2. The number of rotatable bonds is 8. The standard InChI is InChI=1S/C24H28N2O4/c1-18-5-10-20(11-6-18)26-23(27)17-30-24(28)14-9-19-7-12-22(13-8-19)29-16-21-4-2-3-15-25-21/h2-4,7-9,12-15,18,20H,5-6,10-11,16-17H2,1H3,(H,26,27). The van der Waals surface area contributed by atoms with Crippen molar-refractivity contribution in [3.63, 3.8) is 0 Å². The van der Waals surface area contributed by atoms with Gasteiger partial charge in [0.1, 0.15) is 12.4 Å². The summed E-state index contributed by atoms with van der Waals surface area (Å²) in [6, 6.07) is 13.2. The van der Waals surface area contributed by atoms with Gasteiger partial charge in [0.15, 0.2) is 6.61 Å². The Balaban J connectivity index is 1.37. The summed E-state index contributed by atoms with van der Waals surface area (Å²) in [6.45, 7) is 2.37. The van der Waals surface area contributed by atoms with Gasteiger partial charge in [-0.3, -0.25) is 9.78 Å². The zero-order chi connectivity index (χ0) is 21.2. The minimum absolute atomic E-state index is 0.196. The maximum absolute atomic E-state index is 11.9. The minimum atomic E-state index is -0.544. The highest BCUT2D eigenvalue weighted by atomic mass is 16.5. The van der Waals surface area contributed by atoms with Crippen LogP contribution >= 0.6 is 0 Å². The van der Waals surface area contributed by atoms with Crippen LogP contribution in [-0.4, -0.2) is 29.5 Å². The number of hydrogen-bond donors (Lipinski definition) is 1.